The highest BCUT2D eigenvalue weighted by Gasteiger charge is 2.29. The van der Waals surface area contributed by atoms with E-state index < -0.39 is 0 Å². The number of rotatable bonds is 6. The molecule has 8 heteroatoms. The van der Waals surface area contributed by atoms with Gasteiger partial charge in [-0.15, -0.1) is 0 Å². The lowest BCUT2D eigenvalue weighted by atomic mass is 10.2. The third-order valence-corrected chi connectivity index (χ3v) is 4.37. The molecule has 1 saturated heterocycles. The van der Waals surface area contributed by atoms with Crippen LogP contribution in [0.5, 0.6) is 0 Å². The van der Waals surface area contributed by atoms with Gasteiger partial charge in [-0.2, -0.15) is 0 Å². The molecule has 6 nitrogen and oxygen atoms in total. The van der Waals surface area contributed by atoms with E-state index >= 15 is 0 Å². The molecule has 0 aromatic heterocycles. The Kier molecular flexibility index (Phi) is 6.39. The lowest BCUT2D eigenvalue weighted by Crippen LogP contribution is -2.54. The summed E-state index contributed by atoms with van der Waals surface area (Å²) in [5, 5.41) is 19.3. The highest BCUT2D eigenvalue weighted by atomic mass is 35.5. The minimum Gasteiger partial charge on any atom is -0.370 e. The number of benzene rings is 2. The van der Waals surface area contributed by atoms with Crippen LogP contribution >= 0.6 is 11.6 Å². The number of guanidine groups is 1. The molecule has 142 valence electrons. The maximum atomic E-state index is 12.9. The van der Waals surface area contributed by atoms with Crippen LogP contribution in [0.25, 0.3) is 0 Å². The fraction of sp³-hybridized carbons (Fsp3) is 0.263. The number of nitrogens with one attached hydrogen (secondary N) is 1. The van der Waals surface area contributed by atoms with Gasteiger partial charge in [0.15, 0.2) is 0 Å². The summed E-state index contributed by atoms with van der Waals surface area (Å²) >= 11 is 5.82. The lowest BCUT2D eigenvalue weighted by Gasteiger charge is -2.39. The summed E-state index contributed by atoms with van der Waals surface area (Å²) in [6.07, 6.45) is 1.22. The zero-order valence-corrected chi connectivity index (χ0v) is 15.3. The fourth-order valence-electron chi connectivity index (χ4n) is 2.53. The molecular weight excluding hydrogens is 371 g/mol. The SMILES string of the molecule is N=C(/N=C\N(O)Cc1ccc(Cl)cc1)N1CC(OCc2ccc(F)cc2)C1. The first-order valence-corrected chi connectivity index (χ1v) is 8.81. The molecule has 0 spiro atoms. The van der Waals surface area contributed by atoms with Crippen LogP contribution in [0.1, 0.15) is 11.1 Å². The molecule has 3 rings (SSSR count). The van der Waals surface area contributed by atoms with Crippen LogP contribution in [0.3, 0.4) is 0 Å². The summed E-state index contributed by atoms with van der Waals surface area (Å²) in [6, 6.07) is 13.3. The molecule has 27 heavy (non-hydrogen) atoms. The Morgan fingerprint density at radius 1 is 1.22 bits per heavy atom. The summed E-state index contributed by atoms with van der Waals surface area (Å²) in [6.45, 7) is 1.76. The predicted molar refractivity (Wildman–Crippen MR) is 102 cm³/mol. The van der Waals surface area contributed by atoms with Gasteiger partial charge in [-0.3, -0.25) is 10.6 Å². The van der Waals surface area contributed by atoms with Crippen molar-refractivity contribution in [3.8, 4) is 0 Å². The van der Waals surface area contributed by atoms with Gasteiger partial charge in [0.2, 0.25) is 5.96 Å². The van der Waals surface area contributed by atoms with Crippen molar-refractivity contribution in [2.24, 2.45) is 4.99 Å². The molecule has 0 atom stereocenters. The zero-order chi connectivity index (χ0) is 19.2. The van der Waals surface area contributed by atoms with E-state index in [0.717, 1.165) is 16.2 Å². The molecule has 2 N–H and O–H groups in total. The number of likely N-dealkylation sites (tertiary alicyclic amines) is 1. The number of aliphatic imine (C=N–C) groups is 1. The van der Waals surface area contributed by atoms with Gasteiger partial charge in [0, 0.05) is 18.1 Å². The van der Waals surface area contributed by atoms with E-state index in [0.29, 0.717) is 24.7 Å². The first kappa shape index (κ1) is 19.3. The minimum atomic E-state index is -0.270. The van der Waals surface area contributed by atoms with Gasteiger partial charge < -0.3 is 9.64 Å². The molecule has 0 radical (unpaired) electrons. The largest absolute Gasteiger partial charge is 0.370 e. The van der Waals surface area contributed by atoms with Crippen molar-refractivity contribution < 1.29 is 14.3 Å². The third-order valence-electron chi connectivity index (χ3n) is 4.12. The van der Waals surface area contributed by atoms with Gasteiger partial charge in [0.25, 0.3) is 0 Å². The van der Waals surface area contributed by atoms with Crippen molar-refractivity contribution in [2.75, 3.05) is 13.1 Å². The number of hydroxylamine groups is 2. The second-order valence-corrected chi connectivity index (χ2v) is 6.69. The second-order valence-electron chi connectivity index (χ2n) is 6.26. The topological polar surface area (TPSA) is 72.2 Å². The molecule has 1 heterocycles. The molecule has 1 aliphatic rings. The van der Waals surface area contributed by atoms with Gasteiger partial charge in [-0.25, -0.2) is 14.4 Å². The number of hydrogen-bond donors (Lipinski definition) is 2. The van der Waals surface area contributed by atoms with Crippen LogP contribution in [0.15, 0.2) is 53.5 Å². The van der Waals surface area contributed by atoms with Crippen molar-refractivity contribution in [1.29, 1.82) is 5.41 Å². The Morgan fingerprint density at radius 2 is 1.85 bits per heavy atom. The van der Waals surface area contributed by atoms with E-state index in [4.69, 9.17) is 21.7 Å². The summed E-state index contributed by atoms with van der Waals surface area (Å²) in [5.74, 6) is -0.208. The average Bonchev–Trinajstić information content (AvgIpc) is 2.62. The highest BCUT2D eigenvalue weighted by molar-refractivity contribution is 6.30. The molecule has 1 aliphatic heterocycles. The van der Waals surface area contributed by atoms with E-state index in [1.54, 1.807) is 29.2 Å². The lowest BCUT2D eigenvalue weighted by molar-refractivity contribution is -0.0360. The standard InChI is InChI=1S/C19H20ClFN4O2/c20-16-5-1-14(2-6-16)9-25(26)13-23-19(22)24-10-18(11-24)27-12-15-3-7-17(21)8-4-15/h1-8,13,18,22,26H,9-12H2/b22-19?,23-13-. The molecular formula is C19H20ClFN4O2. The Hall–Kier alpha value is -2.48. The quantitative estimate of drug-likeness (QED) is 0.449. The predicted octanol–water partition coefficient (Wildman–Crippen LogP) is 3.53. The van der Waals surface area contributed by atoms with Crippen molar-refractivity contribution >= 4 is 23.9 Å². The maximum Gasteiger partial charge on any atom is 0.219 e. The molecule has 1 fully saturated rings. The van der Waals surface area contributed by atoms with Crippen molar-refractivity contribution in [3.05, 3.63) is 70.5 Å². The first-order valence-electron chi connectivity index (χ1n) is 8.43. The Balaban J connectivity index is 1.37. The molecule has 2 aromatic carbocycles. The van der Waals surface area contributed by atoms with Crippen molar-refractivity contribution in [3.63, 3.8) is 0 Å². The molecule has 2 aromatic rings. The van der Waals surface area contributed by atoms with Gasteiger partial charge >= 0.3 is 0 Å². The molecule has 0 unspecified atom stereocenters. The number of ether oxygens (including phenoxy) is 1. The average molecular weight is 391 g/mol. The van der Waals surface area contributed by atoms with Crippen LogP contribution < -0.4 is 0 Å². The Labute approximate surface area is 161 Å². The Morgan fingerprint density at radius 3 is 2.52 bits per heavy atom. The fourth-order valence-corrected chi connectivity index (χ4v) is 2.66. The number of halogens is 2. The van der Waals surface area contributed by atoms with Crippen LogP contribution in [-0.2, 0) is 17.9 Å². The van der Waals surface area contributed by atoms with E-state index in [-0.39, 0.29) is 24.4 Å². The summed E-state index contributed by atoms with van der Waals surface area (Å²) in [5.41, 5.74) is 1.78. The highest BCUT2D eigenvalue weighted by Crippen LogP contribution is 2.15. The van der Waals surface area contributed by atoms with Gasteiger partial charge in [0.05, 0.1) is 19.3 Å². The van der Waals surface area contributed by atoms with Crippen molar-refractivity contribution in [1.82, 2.24) is 9.96 Å². The van der Waals surface area contributed by atoms with E-state index in [1.807, 2.05) is 12.1 Å². The minimum absolute atomic E-state index is 0.00454. The monoisotopic (exact) mass is 390 g/mol. The van der Waals surface area contributed by atoms with E-state index in [2.05, 4.69) is 4.99 Å². The molecule has 0 saturated carbocycles. The summed E-state index contributed by atoms with van der Waals surface area (Å²) in [7, 11) is 0. The number of hydrogen-bond acceptors (Lipinski definition) is 3. The molecule has 0 aliphatic carbocycles. The molecule has 0 amide bonds. The van der Waals surface area contributed by atoms with Crippen LogP contribution in [0, 0.1) is 11.2 Å². The summed E-state index contributed by atoms with van der Waals surface area (Å²) in [4.78, 5) is 5.70. The van der Waals surface area contributed by atoms with Crippen molar-refractivity contribution in [2.45, 2.75) is 19.3 Å². The van der Waals surface area contributed by atoms with E-state index in [1.165, 1.54) is 18.5 Å². The van der Waals surface area contributed by atoms with Crippen LogP contribution in [-0.4, -0.2) is 46.7 Å². The third kappa shape index (κ3) is 5.75. The van der Waals surface area contributed by atoms with Gasteiger partial charge in [-0.1, -0.05) is 35.9 Å². The van der Waals surface area contributed by atoms with Gasteiger partial charge in [-0.05, 0) is 35.4 Å². The molecule has 0 bridgehead atoms. The zero-order valence-electron chi connectivity index (χ0n) is 14.6. The first-order chi connectivity index (χ1) is 13.0. The normalized spacial score (nSPS) is 14.4. The maximum absolute atomic E-state index is 12.9. The second kappa shape index (κ2) is 8.94. The van der Waals surface area contributed by atoms with Gasteiger partial charge in [0.1, 0.15) is 12.2 Å². The van der Waals surface area contributed by atoms with Crippen LogP contribution in [0.2, 0.25) is 5.02 Å². The Bertz CT molecular complexity index is 792. The summed E-state index contributed by atoms with van der Waals surface area (Å²) < 4.78 is 18.6. The smallest absolute Gasteiger partial charge is 0.219 e. The van der Waals surface area contributed by atoms with Crippen LogP contribution in [0.4, 0.5) is 4.39 Å². The van der Waals surface area contributed by atoms with E-state index in [9.17, 15) is 9.60 Å². The number of nitrogens with zero attached hydrogens (tertiary/aromatic N) is 3.